The molecule has 0 saturated carbocycles. The standard InChI is InChI=1S/C19H24N2.2BrH/c1-21(2,3)14-8-13-20-15-16-9-4-5-10-17(16)18-11-6-7-12-19(18)20;;/h4-7,9-12,15H,8,13-14H2,1-3H3;2*1H/q+2;;/p-2. The molecular weight excluding hydrogens is 416 g/mol. The van der Waals surface area contributed by atoms with Crippen molar-refractivity contribution in [2.24, 2.45) is 0 Å². The van der Waals surface area contributed by atoms with Crippen LogP contribution in [0.15, 0.2) is 54.7 Å². The van der Waals surface area contributed by atoms with Crippen LogP contribution in [0.3, 0.4) is 0 Å². The number of aromatic nitrogens is 1. The van der Waals surface area contributed by atoms with Crippen molar-refractivity contribution in [3.05, 3.63) is 54.7 Å². The van der Waals surface area contributed by atoms with Gasteiger partial charge in [-0.3, -0.25) is 0 Å². The third-order valence-corrected chi connectivity index (χ3v) is 3.99. The lowest BCUT2D eigenvalue weighted by atomic mass is 10.1. The average Bonchev–Trinajstić information content (AvgIpc) is 2.46. The van der Waals surface area contributed by atoms with Crippen LogP contribution in [0.25, 0.3) is 21.7 Å². The van der Waals surface area contributed by atoms with Gasteiger partial charge in [0.05, 0.1) is 39.5 Å². The van der Waals surface area contributed by atoms with Gasteiger partial charge in [-0.1, -0.05) is 30.3 Å². The third-order valence-electron chi connectivity index (χ3n) is 3.99. The van der Waals surface area contributed by atoms with E-state index in [1.165, 1.54) is 34.6 Å². The van der Waals surface area contributed by atoms with Crippen molar-refractivity contribution in [3.63, 3.8) is 0 Å². The fourth-order valence-corrected chi connectivity index (χ4v) is 2.94. The van der Waals surface area contributed by atoms with E-state index in [-0.39, 0.29) is 34.0 Å². The molecule has 3 rings (SSSR count). The number of halogens is 2. The Morgan fingerprint density at radius 2 is 1.43 bits per heavy atom. The second-order valence-electron chi connectivity index (χ2n) is 6.79. The maximum absolute atomic E-state index is 2.41. The van der Waals surface area contributed by atoms with Gasteiger partial charge >= 0.3 is 0 Å². The summed E-state index contributed by atoms with van der Waals surface area (Å²) in [6.45, 7) is 2.26. The highest BCUT2D eigenvalue weighted by Crippen LogP contribution is 2.21. The van der Waals surface area contributed by atoms with Crippen LogP contribution >= 0.6 is 0 Å². The van der Waals surface area contributed by atoms with Crippen LogP contribution in [0.1, 0.15) is 6.42 Å². The highest BCUT2D eigenvalue weighted by Gasteiger charge is 2.14. The number of para-hydroxylation sites is 1. The fraction of sp³-hybridized carbons (Fsp3) is 0.316. The van der Waals surface area contributed by atoms with Gasteiger partial charge in [-0.25, -0.2) is 0 Å². The molecule has 2 aromatic carbocycles. The predicted octanol–water partition coefficient (Wildman–Crippen LogP) is -2.62. The highest BCUT2D eigenvalue weighted by molar-refractivity contribution is 6.03. The molecule has 0 radical (unpaired) electrons. The van der Waals surface area contributed by atoms with Crippen molar-refractivity contribution in [2.75, 3.05) is 27.7 Å². The van der Waals surface area contributed by atoms with Crippen LogP contribution < -0.4 is 38.5 Å². The first-order valence-electron chi connectivity index (χ1n) is 7.65. The Hall–Kier alpha value is -0.970. The summed E-state index contributed by atoms with van der Waals surface area (Å²) in [6, 6.07) is 17.4. The van der Waals surface area contributed by atoms with Gasteiger partial charge in [-0.15, -0.1) is 0 Å². The van der Waals surface area contributed by atoms with Gasteiger partial charge in [0.25, 0.3) is 0 Å². The number of benzene rings is 2. The first-order valence-corrected chi connectivity index (χ1v) is 7.65. The molecule has 1 aromatic heterocycles. The second kappa shape index (κ2) is 8.22. The largest absolute Gasteiger partial charge is 1.00 e. The molecule has 124 valence electrons. The zero-order valence-corrected chi connectivity index (χ0v) is 17.1. The van der Waals surface area contributed by atoms with Gasteiger partial charge in [0.15, 0.2) is 12.7 Å². The lowest BCUT2D eigenvalue weighted by Crippen LogP contribution is -3.00. The van der Waals surface area contributed by atoms with Crippen molar-refractivity contribution >= 4 is 21.7 Å². The van der Waals surface area contributed by atoms with E-state index >= 15 is 0 Å². The maximum atomic E-state index is 2.41. The van der Waals surface area contributed by atoms with Gasteiger partial charge < -0.3 is 38.4 Å². The van der Waals surface area contributed by atoms with Crippen molar-refractivity contribution in [1.29, 1.82) is 0 Å². The molecule has 3 aromatic rings. The van der Waals surface area contributed by atoms with E-state index in [1.807, 2.05) is 0 Å². The zero-order chi connectivity index (χ0) is 14.9. The van der Waals surface area contributed by atoms with Crippen LogP contribution in [0.2, 0.25) is 0 Å². The van der Waals surface area contributed by atoms with E-state index in [4.69, 9.17) is 0 Å². The van der Waals surface area contributed by atoms with E-state index < -0.39 is 0 Å². The molecular formula is C19H24Br2N2. The van der Waals surface area contributed by atoms with E-state index in [0.29, 0.717) is 0 Å². The molecule has 0 fully saturated rings. The van der Waals surface area contributed by atoms with E-state index in [9.17, 15) is 0 Å². The highest BCUT2D eigenvalue weighted by atomic mass is 79.9. The summed E-state index contributed by atoms with van der Waals surface area (Å²) in [5.74, 6) is 0. The molecule has 23 heavy (non-hydrogen) atoms. The minimum atomic E-state index is 0. The van der Waals surface area contributed by atoms with Crippen LogP contribution in [-0.4, -0.2) is 32.2 Å². The molecule has 1 heterocycles. The van der Waals surface area contributed by atoms with E-state index in [1.54, 1.807) is 0 Å². The minimum Gasteiger partial charge on any atom is -1.00 e. The van der Waals surface area contributed by atoms with Crippen LogP contribution in [0.4, 0.5) is 0 Å². The van der Waals surface area contributed by atoms with Crippen molar-refractivity contribution in [3.8, 4) is 0 Å². The Bertz CT molecular complexity index is 779. The number of hydrogen-bond donors (Lipinski definition) is 0. The fourth-order valence-electron chi connectivity index (χ4n) is 2.94. The Labute approximate surface area is 159 Å². The first-order chi connectivity index (χ1) is 10.0. The molecule has 0 aliphatic heterocycles. The summed E-state index contributed by atoms with van der Waals surface area (Å²) in [5, 5.41) is 4.01. The third kappa shape index (κ3) is 4.75. The minimum absolute atomic E-state index is 0. The summed E-state index contributed by atoms with van der Waals surface area (Å²) in [4.78, 5) is 0. The molecule has 0 atom stereocenters. The number of aryl methyl sites for hydroxylation is 1. The molecule has 0 aliphatic rings. The van der Waals surface area contributed by atoms with Gasteiger partial charge in [-0.2, -0.15) is 4.57 Å². The summed E-state index contributed by atoms with van der Waals surface area (Å²) in [5.41, 5.74) is 1.33. The number of pyridine rings is 1. The molecule has 0 bridgehead atoms. The zero-order valence-electron chi connectivity index (χ0n) is 14.0. The molecule has 0 unspecified atom stereocenters. The molecule has 0 spiro atoms. The Morgan fingerprint density at radius 3 is 2.13 bits per heavy atom. The van der Waals surface area contributed by atoms with Gasteiger partial charge in [0.2, 0.25) is 5.52 Å². The van der Waals surface area contributed by atoms with Crippen molar-refractivity contribution in [1.82, 2.24) is 0 Å². The van der Waals surface area contributed by atoms with E-state index in [2.05, 4.69) is 80.4 Å². The Kier molecular flexibility index (Phi) is 7.18. The topological polar surface area (TPSA) is 3.88 Å². The molecule has 0 aliphatic carbocycles. The van der Waals surface area contributed by atoms with E-state index in [0.717, 1.165) is 11.0 Å². The van der Waals surface area contributed by atoms with Gasteiger partial charge in [0.1, 0.15) is 0 Å². The number of fused-ring (bicyclic) bond motifs is 3. The average molecular weight is 440 g/mol. The molecule has 0 amide bonds. The summed E-state index contributed by atoms with van der Waals surface area (Å²) >= 11 is 0. The summed E-state index contributed by atoms with van der Waals surface area (Å²) in [6.07, 6.45) is 3.49. The molecule has 0 saturated heterocycles. The number of nitrogens with zero attached hydrogens (tertiary/aromatic N) is 2. The van der Waals surface area contributed by atoms with Crippen molar-refractivity contribution < 1.29 is 43.0 Å². The van der Waals surface area contributed by atoms with Gasteiger partial charge in [0, 0.05) is 16.8 Å². The number of quaternary nitrogens is 1. The van der Waals surface area contributed by atoms with Crippen LogP contribution in [-0.2, 0) is 6.54 Å². The lowest BCUT2D eigenvalue weighted by molar-refractivity contribution is -0.873. The molecule has 2 nitrogen and oxygen atoms in total. The predicted molar refractivity (Wildman–Crippen MR) is 89.2 cm³/mol. The molecule has 0 N–H and O–H groups in total. The van der Waals surface area contributed by atoms with Crippen LogP contribution in [0, 0.1) is 0 Å². The smallest absolute Gasteiger partial charge is 0.213 e. The normalized spacial score (nSPS) is 11.1. The Morgan fingerprint density at radius 1 is 0.826 bits per heavy atom. The number of hydrogen-bond acceptors (Lipinski definition) is 0. The Balaban J connectivity index is 0.00000132. The number of rotatable bonds is 4. The van der Waals surface area contributed by atoms with Crippen LogP contribution in [0.5, 0.6) is 0 Å². The quantitative estimate of drug-likeness (QED) is 0.238. The summed E-state index contributed by atoms with van der Waals surface area (Å²) in [7, 11) is 6.76. The SMILES string of the molecule is C[N+](C)(C)CCC[n+]1cc2ccccc2c2ccccc21.[Br-].[Br-]. The monoisotopic (exact) mass is 438 g/mol. The van der Waals surface area contributed by atoms with Gasteiger partial charge in [-0.05, 0) is 12.1 Å². The lowest BCUT2D eigenvalue weighted by Gasteiger charge is -2.23. The summed E-state index contributed by atoms with van der Waals surface area (Å²) < 4.78 is 3.43. The maximum Gasteiger partial charge on any atom is 0.213 e. The first kappa shape index (κ1) is 20.1. The molecule has 4 heteroatoms. The van der Waals surface area contributed by atoms with Crippen molar-refractivity contribution in [2.45, 2.75) is 13.0 Å². The second-order valence-corrected chi connectivity index (χ2v) is 6.79.